The van der Waals surface area contributed by atoms with Gasteiger partial charge in [0.05, 0.1) is 19.4 Å². The van der Waals surface area contributed by atoms with Gasteiger partial charge in [-0.25, -0.2) is 0 Å². The van der Waals surface area contributed by atoms with Crippen LogP contribution in [0.1, 0.15) is 49.3 Å². The highest BCUT2D eigenvalue weighted by Crippen LogP contribution is 2.38. The van der Waals surface area contributed by atoms with E-state index in [1.54, 1.807) is 18.2 Å². The minimum Gasteiger partial charge on any atom is -0.508 e. The summed E-state index contributed by atoms with van der Waals surface area (Å²) in [6.07, 6.45) is 0.864. The lowest BCUT2D eigenvalue weighted by Gasteiger charge is -2.31. The van der Waals surface area contributed by atoms with Crippen molar-refractivity contribution in [1.29, 1.82) is 0 Å². The second kappa shape index (κ2) is 9.26. The van der Waals surface area contributed by atoms with Crippen LogP contribution in [0.5, 0.6) is 11.5 Å². The highest BCUT2D eigenvalue weighted by atomic mass is 16.5. The fraction of sp³-hybridized carbons (Fsp3) is 0.364. The van der Waals surface area contributed by atoms with Crippen molar-refractivity contribution in [3.63, 3.8) is 0 Å². The molecule has 6 nitrogen and oxygen atoms in total. The smallest absolute Gasteiger partial charge is 0.306 e. The van der Waals surface area contributed by atoms with Gasteiger partial charge in [-0.15, -0.1) is 0 Å². The minimum absolute atomic E-state index is 0.137. The quantitative estimate of drug-likeness (QED) is 0.446. The van der Waals surface area contributed by atoms with Crippen LogP contribution in [0.2, 0.25) is 0 Å². The number of rotatable bonds is 9. The Morgan fingerprint density at radius 2 is 1.64 bits per heavy atom. The third-order valence-electron chi connectivity index (χ3n) is 4.97. The average Bonchev–Trinajstić information content (AvgIpc) is 2.66. The Kier molecular flexibility index (Phi) is 7.04. The number of hydrogen-bond acceptors (Lipinski definition) is 5. The lowest BCUT2D eigenvalue weighted by Crippen LogP contribution is -2.24. The van der Waals surface area contributed by atoms with Crippen LogP contribution < -0.4 is 0 Å². The summed E-state index contributed by atoms with van der Waals surface area (Å²) < 4.78 is 5.14. The molecule has 150 valence electrons. The largest absolute Gasteiger partial charge is 0.508 e. The maximum Gasteiger partial charge on any atom is 0.306 e. The van der Waals surface area contributed by atoms with Crippen LogP contribution >= 0.6 is 0 Å². The van der Waals surface area contributed by atoms with Crippen molar-refractivity contribution in [3.8, 4) is 11.5 Å². The normalized spacial score (nSPS) is 12.9. The second-order valence-electron chi connectivity index (χ2n) is 7.10. The summed E-state index contributed by atoms with van der Waals surface area (Å²) >= 11 is 0. The third kappa shape index (κ3) is 5.49. The standard InChI is InChI=1S/C22H26O6/c1-15-14-17(6-9-19(15)24)22(2,16-4-7-18(23)8-5-16)12-3-13-28-21(27)11-10-20(25)26/h4-9,14,23-24H,3,10-13H2,1-2H3,(H,25,26). The molecule has 1 atom stereocenters. The van der Waals surface area contributed by atoms with E-state index in [2.05, 4.69) is 6.92 Å². The van der Waals surface area contributed by atoms with E-state index in [4.69, 9.17) is 9.84 Å². The number of carbonyl (C=O) groups excluding carboxylic acids is 1. The molecule has 0 radical (unpaired) electrons. The first-order valence-electron chi connectivity index (χ1n) is 9.19. The molecule has 0 amide bonds. The van der Waals surface area contributed by atoms with Crippen LogP contribution in [0.15, 0.2) is 42.5 Å². The number of phenols is 2. The second-order valence-corrected chi connectivity index (χ2v) is 7.10. The van der Waals surface area contributed by atoms with Crippen LogP contribution in [0.25, 0.3) is 0 Å². The van der Waals surface area contributed by atoms with Crippen molar-refractivity contribution in [3.05, 3.63) is 59.2 Å². The minimum atomic E-state index is -1.03. The molecule has 0 saturated carbocycles. The topological polar surface area (TPSA) is 104 Å². The monoisotopic (exact) mass is 386 g/mol. The molecular formula is C22H26O6. The molecule has 0 bridgehead atoms. The van der Waals surface area contributed by atoms with Gasteiger partial charge in [-0.3, -0.25) is 9.59 Å². The van der Waals surface area contributed by atoms with Gasteiger partial charge in [0.15, 0.2) is 0 Å². The van der Waals surface area contributed by atoms with Gasteiger partial charge in [0.25, 0.3) is 0 Å². The summed E-state index contributed by atoms with van der Waals surface area (Å²) in [6.45, 7) is 4.10. The van der Waals surface area contributed by atoms with E-state index in [0.717, 1.165) is 16.7 Å². The van der Waals surface area contributed by atoms with Gasteiger partial charge in [0.2, 0.25) is 0 Å². The van der Waals surface area contributed by atoms with E-state index < -0.39 is 17.4 Å². The van der Waals surface area contributed by atoms with Gasteiger partial charge in [0, 0.05) is 5.41 Å². The molecule has 1 unspecified atom stereocenters. The molecule has 0 aliphatic carbocycles. The van der Waals surface area contributed by atoms with Gasteiger partial charge in [0.1, 0.15) is 11.5 Å². The zero-order valence-electron chi connectivity index (χ0n) is 16.1. The van der Waals surface area contributed by atoms with Gasteiger partial charge >= 0.3 is 11.9 Å². The maximum atomic E-state index is 11.6. The number of aliphatic carboxylic acids is 1. The van der Waals surface area contributed by atoms with Crippen molar-refractivity contribution in [2.45, 2.75) is 44.9 Å². The van der Waals surface area contributed by atoms with Crippen molar-refractivity contribution in [2.24, 2.45) is 0 Å². The first-order valence-corrected chi connectivity index (χ1v) is 9.19. The molecule has 2 rings (SSSR count). The number of benzene rings is 2. The molecule has 0 saturated heterocycles. The molecule has 3 N–H and O–H groups in total. The van der Waals surface area contributed by atoms with E-state index in [9.17, 15) is 19.8 Å². The van der Waals surface area contributed by atoms with Gasteiger partial charge in [-0.05, 0) is 54.7 Å². The lowest BCUT2D eigenvalue weighted by atomic mass is 9.72. The summed E-state index contributed by atoms with van der Waals surface area (Å²) in [5, 5.41) is 28.1. The first-order chi connectivity index (χ1) is 13.2. The highest BCUT2D eigenvalue weighted by Gasteiger charge is 2.29. The molecular weight excluding hydrogens is 360 g/mol. The third-order valence-corrected chi connectivity index (χ3v) is 4.97. The Bertz CT molecular complexity index is 827. The SMILES string of the molecule is Cc1cc(C(C)(CCCOC(=O)CCC(=O)O)c2ccc(O)cc2)ccc1O. The number of aryl methyl sites for hydroxylation is 1. The van der Waals surface area contributed by atoms with Crippen molar-refractivity contribution >= 4 is 11.9 Å². The average molecular weight is 386 g/mol. The van der Waals surface area contributed by atoms with Crippen molar-refractivity contribution in [2.75, 3.05) is 6.61 Å². The molecule has 2 aromatic rings. The van der Waals surface area contributed by atoms with Crippen LogP contribution in [0.4, 0.5) is 0 Å². The number of hydrogen-bond donors (Lipinski definition) is 3. The Labute approximate surface area is 164 Å². The van der Waals surface area contributed by atoms with Crippen LogP contribution in [0.3, 0.4) is 0 Å². The van der Waals surface area contributed by atoms with Gasteiger partial charge < -0.3 is 20.1 Å². The van der Waals surface area contributed by atoms with E-state index >= 15 is 0 Å². The first kappa shape index (κ1) is 21.3. The number of phenolic OH excluding ortho intramolecular Hbond substituents is 2. The Hall–Kier alpha value is -3.02. The number of ether oxygens (including phenoxy) is 1. The zero-order chi connectivity index (χ0) is 20.7. The Morgan fingerprint density at radius 1 is 1.00 bits per heavy atom. The summed E-state index contributed by atoms with van der Waals surface area (Å²) in [5.74, 6) is -1.14. The molecule has 0 spiro atoms. The van der Waals surface area contributed by atoms with Crippen molar-refractivity contribution < 1.29 is 29.6 Å². The Balaban J connectivity index is 2.13. The highest BCUT2D eigenvalue weighted by molar-refractivity contribution is 5.76. The van der Waals surface area contributed by atoms with Gasteiger partial charge in [-0.2, -0.15) is 0 Å². The molecule has 6 heteroatoms. The summed E-state index contributed by atoms with van der Waals surface area (Å²) in [6, 6.07) is 12.4. The zero-order valence-corrected chi connectivity index (χ0v) is 16.1. The molecule has 0 aliphatic rings. The predicted molar refractivity (Wildman–Crippen MR) is 104 cm³/mol. The number of aromatic hydroxyl groups is 2. The maximum absolute atomic E-state index is 11.6. The number of carbonyl (C=O) groups is 2. The van der Waals surface area contributed by atoms with Gasteiger partial charge in [-0.1, -0.05) is 31.2 Å². The molecule has 0 fully saturated rings. The molecule has 28 heavy (non-hydrogen) atoms. The van der Waals surface area contributed by atoms with E-state index in [-0.39, 0.29) is 30.9 Å². The van der Waals surface area contributed by atoms with Crippen molar-refractivity contribution in [1.82, 2.24) is 0 Å². The van der Waals surface area contributed by atoms with E-state index in [1.165, 1.54) is 0 Å². The lowest BCUT2D eigenvalue weighted by molar-refractivity contribution is -0.147. The Morgan fingerprint density at radius 3 is 2.25 bits per heavy atom. The summed E-state index contributed by atoms with van der Waals surface area (Å²) in [5.41, 5.74) is 2.35. The van der Waals surface area contributed by atoms with E-state index in [1.807, 2.05) is 31.2 Å². The van der Waals surface area contributed by atoms with Crippen LogP contribution in [-0.4, -0.2) is 33.9 Å². The fourth-order valence-electron chi connectivity index (χ4n) is 3.18. The number of carboxylic acid groups (broad SMARTS) is 1. The van der Waals surface area contributed by atoms with Crippen LogP contribution in [0, 0.1) is 6.92 Å². The number of carboxylic acids is 1. The predicted octanol–water partition coefficient (Wildman–Crippen LogP) is 3.90. The number of esters is 1. The van der Waals surface area contributed by atoms with E-state index in [0.29, 0.717) is 12.8 Å². The fourth-order valence-corrected chi connectivity index (χ4v) is 3.18. The molecule has 0 heterocycles. The molecule has 0 aromatic heterocycles. The van der Waals surface area contributed by atoms with Crippen LogP contribution in [-0.2, 0) is 19.7 Å². The summed E-state index contributed by atoms with van der Waals surface area (Å²) in [4.78, 5) is 22.1. The molecule has 0 aliphatic heterocycles. The molecule has 2 aromatic carbocycles. The summed E-state index contributed by atoms with van der Waals surface area (Å²) in [7, 11) is 0.